The van der Waals surface area contributed by atoms with Crippen LogP contribution in [0.5, 0.6) is 11.5 Å². The third kappa shape index (κ3) is 2.67. The van der Waals surface area contributed by atoms with Crippen molar-refractivity contribution in [2.24, 2.45) is 5.73 Å². The number of hydrogen-bond donors (Lipinski definition) is 2. The highest BCUT2D eigenvalue weighted by atomic mass is 16.7. The summed E-state index contributed by atoms with van der Waals surface area (Å²) >= 11 is 0. The maximum atomic E-state index is 12.2. The summed E-state index contributed by atoms with van der Waals surface area (Å²) in [6, 6.07) is 6.20. The minimum absolute atomic E-state index is 0.00296. The molecule has 2 saturated carbocycles. The topological polar surface area (TPSA) is 73.6 Å². The average molecular weight is 316 g/mol. The average Bonchev–Trinajstić information content (AvgIpc) is 3.16. The minimum atomic E-state index is -0.606. The fourth-order valence-corrected chi connectivity index (χ4v) is 3.81. The Bertz CT molecular complexity index is 619. The van der Waals surface area contributed by atoms with E-state index >= 15 is 0 Å². The molecule has 2 aliphatic carbocycles. The first-order valence-electron chi connectivity index (χ1n) is 8.59. The van der Waals surface area contributed by atoms with Gasteiger partial charge in [-0.15, -0.1) is 0 Å². The number of carbonyl (C=O) groups excluding carboxylic acids is 1. The van der Waals surface area contributed by atoms with E-state index in [9.17, 15) is 4.79 Å². The molecule has 0 saturated heterocycles. The van der Waals surface area contributed by atoms with Gasteiger partial charge in [0.25, 0.3) is 0 Å². The molecule has 1 aromatic rings. The Morgan fingerprint density at radius 1 is 1.09 bits per heavy atom. The molecule has 23 heavy (non-hydrogen) atoms. The van der Waals surface area contributed by atoms with Gasteiger partial charge in [-0.05, 0) is 43.4 Å². The molecule has 5 nitrogen and oxygen atoms in total. The van der Waals surface area contributed by atoms with E-state index in [4.69, 9.17) is 15.2 Å². The second kappa shape index (κ2) is 5.41. The summed E-state index contributed by atoms with van der Waals surface area (Å²) in [5.74, 6) is 1.63. The maximum absolute atomic E-state index is 12.2. The van der Waals surface area contributed by atoms with Crippen LogP contribution in [-0.4, -0.2) is 24.8 Å². The normalized spacial score (nSPS) is 23.3. The minimum Gasteiger partial charge on any atom is -0.454 e. The first-order valence-corrected chi connectivity index (χ1v) is 8.59. The lowest BCUT2D eigenvalue weighted by Gasteiger charge is -2.38. The largest absolute Gasteiger partial charge is 0.454 e. The lowest BCUT2D eigenvalue weighted by Crippen LogP contribution is -2.48. The van der Waals surface area contributed by atoms with E-state index < -0.39 is 5.54 Å². The van der Waals surface area contributed by atoms with Gasteiger partial charge >= 0.3 is 0 Å². The van der Waals surface area contributed by atoms with Gasteiger partial charge in [0.1, 0.15) is 0 Å². The van der Waals surface area contributed by atoms with Crippen LogP contribution in [0.2, 0.25) is 0 Å². The van der Waals surface area contributed by atoms with Crippen molar-refractivity contribution in [3.05, 3.63) is 23.8 Å². The van der Waals surface area contributed by atoms with Crippen LogP contribution in [0.15, 0.2) is 18.2 Å². The Morgan fingerprint density at radius 3 is 2.57 bits per heavy atom. The molecule has 2 fully saturated rings. The van der Waals surface area contributed by atoms with Gasteiger partial charge < -0.3 is 20.5 Å². The van der Waals surface area contributed by atoms with Crippen molar-refractivity contribution in [1.82, 2.24) is 5.32 Å². The van der Waals surface area contributed by atoms with Gasteiger partial charge in [-0.2, -0.15) is 0 Å². The van der Waals surface area contributed by atoms with Crippen LogP contribution >= 0.6 is 0 Å². The molecule has 0 spiro atoms. The maximum Gasteiger partial charge on any atom is 0.240 e. The number of amides is 1. The summed E-state index contributed by atoms with van der Waals surface area (Å²) in [4.78, 5) is 12.2. The first kappa shape index (κ1) is 14.8. The fraction of sp³-hybridized carbons (Fsp3) is 0.611. The zero-order valence-electron chi connectivity index (χ0n) is 13.4. The van der Waals surface area contributed by atoms with Gasteiger partial charge in [-0.1, -0.05) is 25.3 Å². The predicted molar refractivity (Wildman–Crippen MR) is 86.5 cm³/mol. The van der Waals surface area contributed by atoms with Crippen molar-refractivity contribution in [3.63, 3.8) is 0 Å². The Hall–Kier alpha value is -1.75. The Balaban J connectivity index is 1.57. The van der Waals surface area contributed by atoms with Crippen molar-refractivity contribution in [2.45, 2.75) is 55.9 Å². The van der Waals surface area contributed by atoms with Crippen LogP contribution in [0.4, 0.5) is 0 Å². The van der Waals surface area contributed by atoms with Gasteiger partial charge in [0.15, 0.2) is 11.5 Å². The number of fused-ring (bicyclic) bond motifs is 1. The summed E-state index contributed by atoms with van der Waals surface area (Å²) in [7, 11) is 0. The van der Waals surface area contributed by atoms with Crippen LogP contribution in [0.25, 0.3) is 0 Å². The molecule has 0 bridgehead atoms. The van der Waals surface area contributed by atoms with Crippen molar-refractivity contribution in [3.8, 4) is 11.5 Å². The van der Waals surface area contributed by atoms with E-state index in [1.165, 1.54) is 24.8 Å². The van der Waals surface area contributed by atoms with Crippen molar-refractivity contribution in [1.29, 1.82) is 0 Å². The number of nitrogens with two attached hydrogens (primary N) is 1. The van der Waals surface area contributed by atoms with Crippen LogP contribution in [0.3, 0.4) is 0 Å². The van der Waals surface area contributed by atoms with Crippen molar-refractivity contribution >= 4 is 5.91 Å². The van der Waals surface area contributed by atoms with Gasteiger partial charge in [-0.25, -0.2) is 0 Å². The third-order valence-electron chi connectivity index (χ3n) is 5.62. The molecule has 1 aromatic carbocycles. The van der Waals surface area contributed by atoms with E-state index in [1.807, 2.05) is 6.07 Å². The highest BCUT2D eigenvalue weighted by Crippen LogP contribution is 2.43. The smallest absolute Gasteiger partial charge is 0.240 e. The van der Waals surface area contributed by atoms with Crippen molar-refractivity contribution in [2.75, 3.05) is 13.3 Å². The van der Waals surface area contributed by atoms with E-state index in [1.54, 1.807) is 0 Å². The number of carbonyl (C=O) groups is 1. The molecule has 4 rings (SSSR count). The highest BCUT2D eigenvalue weighted by molar-refractivity contribution is 5.89. The quantitative estimate of drug-likeness (QED) is 0.893. The highest BCUT2D eigenvalue weighted by Gasteiger charge is 2.46. The molecule has 0 unspecified atom stereocenters. The zero-order valence-corrected chi connectivity index (χ0v) is 13.4. The second-order valence-electron chi connectivity index (χ2n) is 7.25. The van der Waals surface area contributed by atoms with Crippen LogP contribution in [0.1, 0.15) is 50.5 Å². The summed E-state index contributed by atoms with van der Waals surface area (Å²) in [5, 5.41) is 3.13. The van der Waals surface area contributed by atoms with E-state index in [-0.39, 0.29) is 18.1 Å². The van der Waals surface area contributed by atoms with Gasteiger partial charge in [0.2, 0.25) is 12.7 Å². The second-order valence-corrected chi connectivity index (χ2v) is 7.25. The zero-order chi connectivity index (χ0) is 15.9. The molecule has 0 atom stereocenters. The molecule has 3 aliphatic rings. The summed E-state index contributed by atoms with van der Waals surface area (Å²) < 4.78 is 11.0. The fourth-order valence-electron chi connectivity index (χ4n) is 3.81. The number of benzene rings is 1. The van der Waals surface area contributed by atoms with Crippen LogP contribution < -0.4 is 20.5 Å². The monoisotopic (exact) mass is 316 g/mol. The molecule has 0 radical (unpaired) electrons. The van der Waals surface area contributed by atoms with E-state index in [2.05, 4.69) is 17.4 Å². The molecule has 3 N–H and O–H groups in total. The molecule has 5 heteroatoms. The van der Waals surface area contributed by atoms with E-state index in [0.717, 1.165) is 37.2 Å². The van der Waals surface area contributed by atoms with E-state index in [0.29, 0.717) is 6.54 Å². The SMILES string of the molecule is NC1(C(=O)NCC2(c3ccc4c(c3)OCO4)CCCCC2)CC1. The molecular formula is C18H24N2O3. The van der Waals surface area contributed by atoms with Crippen molar-refractivity contribution < 1.29 is 14.3 Å². The Kier molecular flexibility index (Phi) is 3.48. The summed E-state index contributed by atoms with van der Waals surface area (Å²) in [5.41, 5.74) is 6.63. The first-order chi connectivity index (χ1) is 11.1. The molecule has 1 aliphatic heterocycles. The number of hydrogen-bond acceptors (Lipinski definition) is 4. The van der Waals surface area contributed by atoms with Gasteiger partial charge in [0, 0.05) is 12.0 Å². The summed E-state index contributed by atoms with van der Waals surface area (Å²) in [6.45, 7) is 0.947. The lowest BCUT2D eigenvalue weighted by molar-refractivity contribution is -0.123. The predicted octanol–water partition coefficient (Wildman–Crippen LogP) is 2.22. The number of nitrogens with one attached hydrogen (secondary N) is 1. The number of ether oxygens (including phenoxy) is 2. The Morgan fingerprint density at radius 2 is 1.83 bits per heavy atom. The van der Waals surface area contributed by atoms with Crippen LogP contribution in [0, 0.1) is 0 Å². The van der Waals surface area contributed by atoms with Gasteiger partial charge in [0.05, 0.1) is 5.54 Å². The molecule has 124 valence electrons. The van der Waals surface area contributed by atoms with Crippen LogP contribution in [-0.2, 0) is 10.2 Å². The molecular weight excluding hydrogens is 292 g/mol. The Labute approximate surface area is 136 Å². The molecule has 0 aromatic heterocycles. The lowest BCUT2D eigenvalue weighted by atomic mass is 9.69. The number of rotatable bonds is 4. The standard InChI is InChI=1S/C18H24N2O3/c19-18(8-9-18)16(21)20-11-17(6-2-1-3-7-17)13-4-5-14-15(10-13)23-12-22-14/h4-5,10H,1-3,6-9,11-12,19H2,(H,20,21). The molecule has 1 heterocycles. The van der Waals surface area contributed by atoms with Gasteiger partial charge in [-0.3, -0.25) is 4.79 Å². The molecule has 1 amide bonds. The summed E-state index contributed by atoms with van der Waals surface area (Å²) in [6.07, 6.45) is 7.43. The third-order valence-corrected chi connectivity index (χ3v) is 5.62.